The van der Waals surface area contributed by atoms with Gasteiger partial charge in [0, 0.05) is 38.8 Å². The summed E-state index contributed by atoms with van der Waals surface area (Å²) in [6, 6.07) is 6.09. The van der Waals surface area contributed by atoms with E-state index >= 15 is 0 Å². The molecule has 2 heterocycles. The molecule has 0 aliphatic rings. The number of amides is 1. The van der Waals surface area contributed by atoms with E-state index in [1.165, 1.54) is 4.88 Å². The number of halogens is 1. The smallest absolute Gasteiger partial charge is 0.241 e. The number of thiophene rings is 1. The highest BCUT2D eigenvalue weighted by atomic mass is 127. The maximum atomic E-state index is 11.8. The van der Waals surface area contributed by atoms with Crippen LogP contribution in [0.15, 0.2) is 34.8 Å². The topological polar surface area (TPSA) is 74.5 Å². The molecule has 0 spiro atoms. The summed E-state index contributed by atoms with van der Waals surface area (Å²) in [7, 11) is 5.36. The van der Waals surface area contributed by atoms with Crippen molar-refractivity contribution in [1.29, 1.82) is 0 Å². The van der Waals surface area contributed by atoms with Crippen LogP contribution in [0.2, 0.25) is 0 Å². The van der Waals surface area contributed by atoms with Crippen LogP contribution in [0.3, 0.4) is 0 Å². The number of nitrogens with one attached hydrogen (secondary N) is 2. The van der Waals surface area contributed by atoms with Gasteiger partial charge in [0.2, 0.25) is 5.91 Å². The van der Waals surface area contributed by atoms with E-state index in [0.29, 0.717) is 12.5 Å². The Kier molecular flexibility index (Phi) is 9.50. The molecule has 0 radical (unpaired) electrons. The number of rotatable bonds is 7. The molecule has 138 valence electrons. The Bertz CT molecular complexity index is 668. The van der Waals surface area contributed by atoms with Crippen molar-refractivity contribution in [3.8, 4) is 0 Å². The summed E-state index contributed by atoms with van der Waals surface area (Å²) in [4.78, 5) is 19.2. The van der Waals surface area contributed by atoms with Gasteiger partial charge in [-0.05, 0) is 23.9 Å². The van der Waals surface area contributed by atoms with Crippen LogP contribution in [-0.2, 0) is 24.8 Å². The second-order valence-corrected chi connectivity index (χ2v) is 6.54. The highest BCUT2D eigenvalue weighted by Crippen LogP contribution is 2.08. The number of hydrogen-bond acceptors (Lipinski definition) is 4. The molecule has 2 N–H and O–H groups in total. The Morgan fingerprint density at radius 3 is 2.76 bits per heavy atom. The van der Waals surface area contributed by atoms with E-state index < -0.39 is 0 Å². The van der Waals surface area contributed by atoms with Crippen LogP contribution >= 0.6 is 35.3 Å². The molecule has 7 nitrogen and oxygen atoms in total. The first kappa shape index (κ1) is 21.4. The van der Waals surface area contributed by atoms with Crippen molar-refractivity contribution >= 4 is 47.2 Å². The number of carbonyl (C=O) groups is 1. The van der Waals surface area contributed by atoms with Crippen molar-refractivity contribution in [1.82, 2.24) is 25.3 Å². The maximum absolute atomic E-state index is 11.8. The number of carbonyl (C=O) groups excluding carboxylic acids is 1. The minimum Gasteiger partial charge on any atom is -0.356 e. The van der Waals surface area contributed by atoms with E-state index in [-0.39, 0.29) is 36.4 Å². The predicted octanol–water partition coefficient (Wildman–Crippen LogP) is 1.47. The molecule has 0 fully saturated rings. The van der Waals surface area contributed by atoms with Gasteiger partial charge in [0.15, 0.2) is 5.96 Å². The second kappa shape index (κ2) is 11.1. The number of nitrogens with zero attached hydrogens (tertiary/aromatic N) is 4. The van der Waals surface area contributed by atoms with Gasteiger partial charge < -0.3 is 15.5 Å². The third-order valence-corrected chi connectivity index (χ3v) is 4.41. The molecule has 0 unspecified atom stereocenters. The van der Waals surface area contributed by atoms with Crippen molar-refractivity contribution in [3.05, 3.63) is 40.3 Å². The van der Waals surface area contributed by atoms with Gasteiger partial charge in [-0.1, -0.05) is 6.07 Å². The van der Waals surface area contributed by atoms with Crippen LogP contribution in [-0.4, -0.2) is 53.7 Å². The van der Waals surface area contributed by atoms with Crippen molar-refractivity contribution in [2.45, 2.75) is 13.0 Å². The Hall–Kier alpha value is -1.62. The van der Waals surface area contributed by atoms with Crippen LogP contribution in [0.5, 0.6) is 0 Å². The Balaban J connectivity index is 0.00000312. The van der Waals surface area contributed by atoms with E-state index in [1.807, 2.05) is 19.2 Å². The van der Waals surface area contributed by atoms with Crippen molar-refractivity contribution in [2.24, 2.45) is 12.0 Å². The Morgan fingerprint density at radius 2 is 2.16 bits per heavy atom. The molecule has 0 saturated heterocycles. The monoisotopic (exact) mass is 476 g/mol. The number of hydrogen-bond donors (Lipinski definition) is 2. The summed E-state index contributed by atoms with van der Waals surface area (Å²) in [6.45, 7) is 1.47. The van der Waals surface area contributed by atoms with Crippen LogP contribution in [0.25, 0.3) is 0 Å². The molecule has 0 aliphatic carbocycles. The molecule has 25 heavy (non-hydrogen) atoms. The molecule has 2 aromatic rings. The van der Waals surface area contributed by atoms with Gasteiger partial charge in [-0.3, -0.25) is 9.48 Å². The average Bonchev–Trinajstić information content (AvgIpc) is 3.20. The summed E-state index contributed by atoms with van der Waals surface area (Å²) in [5, 5.41) is 12.6. The molecule has 9 heteroatoms. The molecule has 1 amide bonds. The molecular weight excluding hydrogens is 451 g/mol. The van der Waals surface area contributed by atoms with E-state index in [4.69, 9.17) is 0 Å². The lowest BCUT2D eigenvalue weighted by molar-refractivity contribution is -0.127. The summed E-state index contributed by atoms with van der Waals surface area (Å²) in [6.07, 6.45) is 2.67. The SMILES string of the molecule is CN(C)C(=O)CNC(=NCc1ccnn1C)NCCc1cccs1.I. The van der Waals surface area contributed by atoms with Crippen LogP contribution < -0.4 is 10.6 Å². The Morgan fingerprint density at radius 1 is 1.36 bits per heavy atom. The average molecular weight is 476 g/mol. The standard InChI is InChI=1S/C16H24N6OS.HI/c1-21(2)15(23)12-19-16(17-8-7-14-5-4-10-24-14)18-11-13-6-9-20-22(13)3;/h4-6,9-10H,7-8,11-12H2,1-3H3,(H2,17,18,19);1H. The zero-order valence-electron chi connectivity index (χ0n) is 14.7. The largest absolute Gasteiger partial charge is 0.356 e. The van der Waals surface area contributed by atoms with Crippen molar-refractivity contribution in [2.75, 3.05) is 27.2 Å². The molecule has 2 rings (SSSR count). The zero-order chi connectivity index (χ0) is 17.4. The summed E-state index contributed by atoms with van der Waals surface area (Å²) in [5.41, 5.74) is 1.01. The summed E-state index contributed by atoms with van der Waals surface area (Å²) in [5.74, 6) is 0.631. The molecule has 0 aromatic carbocycles. The zero-order valence-corrected chi connectivity index (χ0v) is 17.9. The summed E-state index contributed by atoms with van der Waals surface area (Å²) >= 11 is 1.74. The third-order valence-electron chi connectivity index (χ3n) is 3.47. The first-order chi connectivity index (χ1) is 11.6. The van der Waals surface area contributed by atoms with Gasteiger partial charge in [0.05, 0.1) is 18.8 Å². The van der Waals surface area contributed by atoms with Crippen LogP contribution in [0, 0.1) is 0 Å². The fourth-order valence-electron chi connectivity index (χ4n) is 1.97. The minimum absolute atomic E-state index is 0. The molecule has 0 aliphatic heterocycles. The lowest BCUT2D eigenvalue weighted by Gasteiger charge is -2.15. The number of aliphatic imine (C=N–C) groups is 1. The van der Waals surface area contributed by atoms with Crippen molar-refractivity contribution in [3.63, 3.8) is 0 Å². The van der Waals surface area contributed by atoms with Gasteiger partial charge in [0.1, 0.15) is 0 Å². The second-order valence-electron chi connectivity index (χ2n) is 5.51. The van der Waals surface area contributed by atoms with Gasteiger partial charge in [-0.2, -0.15) is 5.10 Å². The number of aromatic nitrogens is 2. The van der Waals surface area contributed by atoms with Gasteiger partial charge in [0.25, 0.3) is 0 Å². The van der Waals surface area contributed by atoms with E-state index in [2.05, 4.69) is 32.2 Å². The maximum Gasteiger partial charge on any atom is 0.241 e. The number of aryl methyl sites for hydroxylation is 1. The fraction of sp³-hybridized carbons (Fsp3) is 0.438. The molecule has 0 bridgehead atoms. The van der Waals surface area contributed by atoms with Crippen LogP contribution in [0.1, 0.15) is 10.6 Å². The number of guanidine groups is 1. The highest BCUT2D eigenvalue weighted by Gasteiger charge is 2.06. The van der Waals surface area contributed by atoms with Gasteiger partial charge in [-0.15, -0.1) is 35.3 Å². The minimum atomic E-state index is 0. The predicted molar refractivity (Wildman–Crippen MR) is 112 cm³/mol. The van der Waals surface area contributed by atoms with E-state index in [1.54, 1.807) is 41.2 Å². The highest BCUT2D eigenvalue weighted by molar-refractivity contribution is 14.0. The molecule has 0 atom stereocenters. The van der Waals surface area contributed by atoms with E-state index in [9.17, 15) is 4.79 Å². The first-order valence-corrected chi connectivity index (χ1v) is 8.66. The molecule has 2 aromatic heterocycles. The first-order valence-electron chi connectivity index (χ1n) is 7.78. The molecular formula is C16H25IN6OS. The fourth-order valence-corrected chi connectivity index (χ4v) is 2.68. The molecule has 0 saturated carbocycles. The normalized spacial score (nSPS) is 10.9. The quantitative estimate of drug-likeness (QED) is 0.361. The third kappa shape index (κ3) is 7.43. The number of likely N-dealkylation sites (N-methyl/N-ethyl adjacent to an activating group) is 1. The van der Waals surface area contributed by atoms with Gasteiger partial charge >= 0.3 is 0 Å². The summed E-state index contributed by atoms with van der Waals surface area (Å²) < 4.78 is 1.79. The lowest BCUT2D eigenvalue weighted by Crippen LogP contribution is -2.43. The Labute approximate surface area is 169 Å². The van der Waals surface area contributed by atoms with Gasteiger partial charge in [-0.25, -0.2) is 4.99 Å². The van der Waals surface area contributed by atoms with Crippen LogP contribution in [0.4, 0.5) is 0 Å². The van der Waals surface area contributed by atoms with Crippen molar-refractivity contribution < 1.29 is 4.79 Å². The lowest BCUT2D eigenvalue weighted by atomic mass is 10.3. The van der Waals surface area contributed by atoms with E-state index in [0.717, 1.165) is 18.7 Å².